The van der Waals surface area contributed by atoms with Gasteiger partial charge in [-0.05, 0) is 55.5 Å². The molecule has 1 unspecified atom stereocenters. The summed E-state index contributed by atoms with van der Waals surface area (Å²) in [6.07, 6.45) is -11.2. The van der Waals surface area contributed by atoms with Crippen LogP contribution in [0.15, 0.2) is 36.4 Å². The second-order valence-electron chi connectivity index (χ2n) is 11.5. The number of amides is 1. The number of carboxylic acid groups (broad SMARTS) is 1. The van der Waals surface area contributed by atoms with Crippen LogP contribution in [0.2, 0.25) is 0 Å². The van der Waals surface area contributed by atoms with Crippen LogP contribution in [0.25, 0.3) is 0 Å². The van der Waals surface area contributed by atoms with E-state index in [1.54, 1.807) is 18.2 Å². The van der Waals surface area contributed by atoms with Crippen molar-refractivity contribution in [1.29, 1.82) is 0 Å². The summed E-state index contributed by atoms with van der Waals surface area (Å²) in [6.45, 7) is 2.22. The Morgan fingerprint density at radius 3 is 2.45 bits per heavy atom. The molecule has 0 radical (unpaired) electrons. The summed E-state index contributed by atoms with van der Waals surface area (Å²) in [6, 6.07) is 9.87. The number of anilines is 1. The predicted molar refractivity (Wildman–Crippen MR) is 160 cm³/mol. The van der Waals surface area contributed by atoms with Crippen molar-refractivity contribution < 1.29 is 62.1 Å². The van der Waals surface area contributed by atoms with E-state index < -0.39 is 55.4 Å². The number of carbonyl (C=O) groups is 2. The fourth-order valence-corrected chi connectivity index (χ4v) is 5.61. The molecule has 2 aliphatic heterocycles. The third kappa shape index (κ3) is 9.68. The number of nitrogens with two attached hydrogens (primary N) is 1. The van der Waals surface area contributed by atoms with E-state index >= 15 is 0 Å². The summed E-state index contributed by atoms with van der Waals surface area (Å²) in [5.74, 6) is -1.88. The molecule has 0 saturated carbocycles. The number of carbonyl (C=O) groups excluding carboxylic acids is 1. The number of fused-ring (bicyclic) bond motifs is 1. The molecule has 1 fully saturated rings. The number of aliphatic carboxylic acids is 1. The van der Waals surface area contributed by atoms with E-state index in [2.05, 4.69) is 5.32 Å². The van der Waals surface area contributed by atoms with Crippen molar-refractivity contribution in [3.63, 3.8) is 0 Å². The monoisotopic (exact) mass is 671 g/mol. The molecule has 47 heavy (non-hydrogen) atoms. The average molecular weight is 672 g/mol. The van der Waals surface area contributed by atoms with Gasteiger partial charge in [0.05, 0.1) is 17.9 Å². The molecule has 2 aromatic rings. The molecular weight excluding hydrogens is 631 g/mol. The van der Waals surface area contributed by atoms with E-state index in [-0.39, 0.29) is 30.8 Å². The van der Waals surface area contributed by atoms with Crippen LogP contribution in [0.4, 0.5) is 18.9 Å². The minimum absolute atomic E-state index is 0.00283. The van der Waals surface area contributed by atoms with E-state index in [0.29, 0.717) is 44.5 Å². The number of hydrogen-bond acceptors (Lipinski definition) is 11. The zero-order chi connectivity index (χ0) is 34.3. The number of nitrogens with one attached hydrogen (secondary N) is 1. The summed E-state index contributed by atoms with van der Waals surface area (Å²) < 4.78 is 58.7. The predicted octanol–water partition coefficient (Wildman–Crippen LogP) is 0.988. The van der Waals surface area contributed by atoms with Crippen molar-refractivity contribution in [2.75, 3.05) is 44.4 Å². The molecule has 0 bridgehead atoms. The molecule has 2 aliphatic rings. The highest BCUT2D eigenvalue weighted by Crippen LogP contribution is 2.34. The van der Waals surface area contributed by atoms with Gasteiger partial charge < -0.3 is 55.3 Å². The highest BCUT2D eigenvalue weighted by molar-refractivity contribution is 6.00. The number of aliphatic hydroxyl groups excluding tert-OH is 3. The van der Waals surface area contributed by atoms with Gasteiger partial charge >= 0.3 is 12.1 Å². The minimum Gasteiger partial charge on any atom is -0.488 e. The number of hydrogen-bond donors (Lipinski definition) is 6. The minimum atomic E-state index is -4.46. The fraction of sp³-hybridized carbons (Fsp3) is 0.548. The van der Waals surface area contributed by atoms with Gasteiger partial charge in [0.1, 0.15) is 24.9 Å². The summed E-state index contributed by atoms with van der Waals surface area (Å²) in [4.78, 5) is 25.8. The Bertz CT molecular complexity index is 1380. The Balaban J connectivity index is 1.27. The maximum absolute atomic E-state index is 12.5. The number of para-hydroxylation sites is 2. The lowest BCUT2D eigenvalue weighted by atomic mass is 9.98. The summed E-state index contributed by atoms with van der Waals surface area (Å²) in [5.41, 5.74) is 8.70. The molecule has 0 spiro atoms. The van der Waals surface area contributed by atoms with Crippen LogP contribution < -0.4 is 25.4 Å². The normalized spacial score (nSPS) is 23.3. The number of rotatable bonds is 16. The Morgan fingerprint density at radius 2 is 1.79 bits per heavy atom. The number of carboxylic acids is 1. The van der Waals surface area contributed by atoms with Gasteiger partial charge in [-0.3, -0.25) is 4.79 Å². The second-order valence-corrected chi connectivity index (χ2v) is 11.5. The van der Waals surface area contributed by atoms with Gasteiger partial charge in [0, 0.05) is 25.7 Å². The van der Waals surface area contributed by atoms with E-state index in [1.165, 1.54) is 12.1 Å². The molecule has 6 atom stereocenters. The van der Waals surface area contributed by atoms with Gasteiger partial charge in [0.2, 0.25) is 0 Å². The van der Waals surface area contributed by atoms with Gasteiger partial charge in [-0.15, -0.1) is 0 Å². The molecule has 1 saturated heterocycles. The highest BCUT2D eigenvalue weighted by atomic mass is 19.4. The van der Waals surface area contributed by atoms with Crippen LogP contribution in [0.1, 0.15) is 34.8 Å². The molecule has 13 nitrogen and oxygen atoms in total. The Kier molecular flexibility index (Phi) is 12.3. The topological polar surface area (TPSA) is 193 Å². The first-order chi connectivity index (χ1) is 22.2. The zero-order valence-corrected chi connectivity index (χ0v) is 25.7. The first kappa shape index (κ1) is 36.2. The number of alkyl halides is 3. The molecule has 0 aromatic heterocycles. The Hall–Kier alpha value is -3.67. The SMILES string of the molecule is C[C@H](Cc1cc2c(c(C(N)=O)c1)N(CCCOC1O[C@@H](C(=O)O)[C@@H](O)[C@H](O)[C@H]1O)CC2)NCCOc1ccccc1OCC(F)(F)F. The van der Waals surface area contributed by atoms with E-state index in [0.717, 1.165) is 16.8 Å². The standard InChI is InChI=1S/C31H40F3N3O10/c1-17(36-8-12-44-21-5-2-3-6-22(21)46-16-31(32,33)34)13-18-14-19-7-10-37(23(19)20(15-18)28(35)41)9-4-11-45-30-26(40)24(38)25(39)27(47-30)29(42)43/h2-3,5-6,14-15,17,24-27,30,36,38-40H,4,7-13,16H2,1H3,(H2,35,41)(H,42,43)/t17-,24+,25+,26-,27-,30?/m1/s1. The number of nitrogens with zero attached hydrogens (tertiary/aromatic N) is 1. The lowest BCUT2D eigenvalue weighted by molar-refractivity contribution is -0.294. The van der Waals surface area contributed by atoms with Crippen molar-refractivity contribution >= 4 is 17.6 Å². The maximum atomic E-state index is 12.5. The van der Waals surface area contributed by atoms with Crippen LogP contribution in [-0.2, 0) is 27.1 Å². The molecule has 16 heteroatoms. The highest BCUT2D eigenvalue weighted by Gasteiger charge is 2.47. The third-order valence-electron chi connectivity index (χ3n) is 7.78. The molecule has 7 N–H and O–H groups in total. The molecule has 2 aromatic carbocycles. The lowest BCUT2D eigenvalue weighted by Gasteiger charge is -2.38. The number of aliphatic hydroxyl groups is 3. The van der Waals surface area contributed by atoms with Gasteiger partial charge in [0.25, 0.3) is 5.91 Å². The molecular formula is C31H40F3N3O10. The van der Waals surface area contributed by atoms with Gasteiger partial charge in [-0.25, -0.2) is 4.79 Å². The van der Waals surface area contributed by atoms with Crippen LogP contribution in [-0.4, -0.2) is 115 Å². The first-order valence-electron chi connectivity index (χ1n) is 15.1. The van der Waals surface area contributed by atoms with Crippen molar-refractivity contribution in [1.82, 2.24) is 5.32 Å². The number of ether oxygens (including phenoxy) is 4. The number of halogens is 3. The second kappa shape index (κ2) is 16.0. The van der Waals surface area contributed by atoms with Crippen molar-refractivity contribution in [3.8, 4) is 11.5 Å². The van der Waals surface area contributed by atoms with Crippen LogP contribution in [0.5, 0.6) is 11.5 Å². The molecule has 1 amide bonds. The van der Waals surface area contributed by atoms with Gasteiger partial charge in [-0.2, -0.15) is 13.2 Å². The quantitative estimate of drug-likeness (QED) is 0.139. The molecule has 4 rings (SSSR count). The average Bonchev–Trinajstić information content (AvgIpc) is 3.42. The first-order valence-corrected chi connectivity index (χ1v) is 15.1. The summed E-state index contributed by atoms with van der Waals surface area (Å²) in [7, 11) is 0. The van der Waals surface area contributed by atoms with Crippen LogP contribution >= 0.6 is 0 Å². The molecule has 260 valence electrons. The summed E-state index contributed by atoms with van der Waals surface area (Å²) >= 11 is 0. The number of primary amides is 1. The van der Waals surface area contributed by atoms with E-state index in [4.69, 9.17) is 24.7 Å². The largest absolute Gasteiger partial charge is 0.488 e. The summed E-state index contributed by atoms with van der Waals surface area (Å²) in [5, 5.41) is 42.4. The van der Waals surface area contributed by atoms with E-state index in [9.17, 15) is 43.2 Å². The van der Waals surface area contributed by atoms with Crippen molar-refractivity contribution in [2.24, 2.45) is 5.73 Å². The van der Waals surface area contributed by atoms with Crippen molar-refractivity contribution in [2.45, 2.75) is 69.1 Å². The van der Waals surface area contributed by atoms with E-state index in [1.807, 2.05) is 17.9 Å². The lowest BCUT2D eigenvalue weighted by Crippen LogP contribution is -2.60. The zero-order valence-electron chi connectivity index (χ0n) is 25.7. The molecule has 2 heterocycles. The molecule has 0 aliphatic carbocycles. The number of benzene rings is 2. The Morgan fingerprint density at radius 1 is 1.09 bits per heavy atom. The third-order valence-corrected chi connectivity index (χ3v) is 7.78. The van der Waals surface area contributed by atoms with Crippen molar-refractivity contribution in [3.05, 3.63) is 53.1 Å². The Labute approximate surface area is 269 Å². The van der Waals surface area contributed by atoms with Crippen LogP contribution in [0, 0.1) is 0 Å². The maximum Gasteiger partial charge on any atom is 0.422 e. The van der Waals surface area contributed by atoms with Gasteiger partial charge in [0.15, 0.2) is 30.5 Å². The van der Waals surface area contributed by atoms with Crippen LogP contribution in [0.3, 0.4) is 0 Å². The van der Waals surface area contributed by atoms with Gasteiger partial charge in [-0.1, -0.05) is 18.2 Å². The fourth-order valence-electron chi connectivity index (χ4n) is 5.61. The smallest absolute Gasteiger partial charge is 0.422 e.